The summed E-state index contributed by atoms with van der Waals surface area (Å²) in [5.74, 6) is 0. The predicted octanol–water partition coefficient (Wildman–Crippen LogP) is 2.83. The van der Waals surface area contributed by atoms with Gasteiger partial charge in [0.05, 0.1) is 0 Å². The van der Waals surface area contributed by atoms with Gasteiger partial charge >= 0.3 is 21.5 Å². The summed E-state index contributed by atoms with van der Waals surface area (Å²) in [7, 11) is -4.26. The Morgan fingerprint density at radius 3 is 1.62 bits per heavy atom. The Morgan fingerprint density at radius 1 is 1.06 bits per heavy atom. The van der Waals surface area contributed by atoms with Gasteiger partial charge in [0.1, 0.15) is 0 Å². The topological polar surface area (TPSA) is 27.7 Å². The molecule has 0 radical (unpaired) electrons. The number of hydrogen-bond donors (Lipinski definition) is 0. The van der Waals surface area contributed by atoms with Gasteiger partial charge in [-0.1, -0.05) is 6.08 Å². The van der Waals surface area contributed by atoms with E-state index < -0.39 is 27.6 Å². The van der Waals surface area contributed by atoms with Crippen LogP contribution in [0.1, 0.15) is 0 Å². The van der Waals surface area contributed by atoms with E-state index in [2.05, 4.69) is 19.9 Å². The molecule has 10 heteroatoms. The first-order valence-corrected chi connectivity index (χ1v) is 5.66. The van der Waals surface area contributed by atoms with Crippen molar-refractivity contribution >= 4 is 8.80 Å². The van der Waals surface area contributed by atoms with Crippen LogP contribution >= 0.6 is 0 Å². The molecule has 3 nitrogen and oxygen atoms in total. The SMILES string of the molecule is C=CC[Si](OC)(OC(F)(F)F)OC(F)(F)F. The molecule has 0 aromatic rings. The van der Waals surface area contributed by atoms with Gasteiger partial charge in [-0.25, -0.2) is 0 Å². The molecular weight excluding hydrogens is 262 g/mol. The molecule has 0 aromatic carbocycles. The van der Waals surface area contributed by atoms with Gasteiger partial charge in [0.2, 0.25) is 0 Å². The van der Waals surface area contributed by atoms with Crippen LogP contribution in [0.2, 0.25) is 6.04 Å². The zero-order chi connectivity index (χ0) is 13.0. The van der Waals surface area contributed by atoms with Crippen LogP contribution in [0.25, 0.3) is 0 Å². The molecule has 16 heavy (non-hydrogen) atoms. The largest absolute Gasteiger partial charge is 0.517 e. The third-order valence-electron chi connectivity index (χ3n) is 1.25. The maximum atomic E-state index is 11.9. The molecule has 0 bridgehead atoms. The Bertz CT molecular complexity index is 221. The van der Waals surface area contributed by atoms with Crippen molar-refractivity contribution < 1.29 is 39.6 Å². The zero-order valence-corrected chi connectivity index (χ0v) is 8.98. The maximum absolute atomic E-state index is 11.9. The molecule has 0 N–H and O–H groups in total. The van der Waals surface area contributed by atoms with Crippen molar-refractivity contribution in [2.45, 2.75) is 18.8 Å². The minimum absolute atomic E-state index is 0.646. The Kier molecular flexibility index (Phi) is 4.98. The van der Waals surface area contributed by atoms with Gasteiger partial charge in [-0.15, -0.1) is 32.9 Å². The first kappa shape index (κ1) is 15.4. The number of alkyl halides is 6. The molecule has 0 unspecified atom stereocenters. The first-order chi connectivity index (χ1) is 7.04. The number of rotatable bonds is 5. The molecule has 0 amide bonds. The van der Waals surface area contributed by atoms with Gasteiger partial charge in [-0.3, -0.25) is 8.85 Å². The molecule has 96 valence electrons. The van der Waals surface area contributed by atoms with Crippen LogP contribution < -0.4 is 0 Å². The van der Waals surface area contributed by atoms with Gasteiger partial charge < -0.3 is 4.43 Å². The van der Waals surface area contributed by atoms with Crippen LogP contribution in [0.3, 0.4) is 0 Å². The molecule has 0 rings (SSSR count). The summed E-state index contributed by atoms with van der Waals surface area (Å²) in [6, 6.07) is -0.817. The van der Waals surface area contributed by atoms with Crippen molar-refractivity contribution in [2.24, 2.45) is 0 Å². The molecule has 0 aliphatic carbocycles. The summed E-state index contributed by atoms with van der Waals surface area (Å²) in [4.78, 5) is 0. The van der Waals surface area contributed by atoms with Crippen molar-refractivity contribution in [3.8, 4) is 0 Å². The lowest BCUT2D eigenvalue weighted by Crippen LogP contribution is -2.51. The molecule has 0 aliphatic heterocycles. The van der Waals surface area contributed by atoms with Gasteiger partial charge in [0.25, 0.3) is 0 Å². The highest BCUT2D eigenvalue weighted by molar-refractivity contribution is 6.61. The summed E-state index contributed by atoms with van der Waals surface area (Å²) in [5.41, 5.74) is 0. The molecule has 0 heterocycles. The third kappa shape index (κ3) is 6.10. The van der Waals surface area contributed by atoms with Crippen molar-refractivity contribution in [3.63, 3.8) is 0 Å². The van der Waals surface area contributed by atoms with E-state index in [1.165, 1.54) is 0 Å². The molecule has 0 aromatic heterocycles. The van der Waals surface area contributed by atoms with E-state index in [1.807, 2.05) is 0 Å². The van der Waals surface area contributed by atoms with Crippen LogP contribution in [0.15, 0.2) is 12.7 Å². The summed E-state index contributed by atoms with van der Waals surface area (Å²) in [6.45, 7) is 3.01. The van der Waals surface area contributed by atoms with Crippen LogP contribution in [0.5, 0.6) is 0 Å². The molecule has 0 atom stereocenters. The fraction of sp³-hybridized carbons (Fsp3) is 0.667. The Morgan fingerprint density at radius 2 is 1.44 bits per heavy atom. The molecule has 0 aliphatic rings. The average molecular weight is 270 g/mol. The van der Waals surface area contributed by atoms with E-state index >= 15 is 0 Å². The molecular formula is C6H8F6O3Si. The lowest BCUT2D eigenvalue weighted by molar-refractivity contribution is -0.334. The van der Waals surface area contributed by atoms with Crippen molar-refractivity contribution in [2.75, 3.05) is 7.11 Å². The van der Waals surface area contributed by atoms with E-state index in [0.29, 0.717) is 7.11 Å². The normalized spacial score (nSPS) is 13.9. The zero-order valence-electron chi connectivity index (χ0n) is 7.98. The second-order valence-corrected chi connectivity index (χ2v) is 5.07. The minimum atomic E-state index is -5.28. The monoisotopic (exact) mass is 270 g/mol. The minimum Gasteiger partial charge on any atom is -0.376 e. The van der Waals surface area contributed by atoms with Crippen LogP contribution in [0, 0.1) is 0 Å². The summed E-state index contributed by atoms with van der Waals surface area (Å²) in [5, 5.41) is 0. The Hall–Kier alpha value is -0.583. The molecule has 0 fully saturated rings. The van der Waals surface area contributed by atoms with Crippen molar-refractivity contribution in [1.29, 1.82) is 0 Å². The quantitative estimate of drug-likeness (QED) is 0.437. The van der Waals surface area contributed by atoms with E-state index in [9.17, 15) is 26.3 Å². The van der Waals surface area contributed by atoms with Crippen molar-refractivity contribution in [3.05, 3.63) is 12.7 Å². The highest BCUT2D eigenvalue weighted by Gasteiger charge is 2.55. The lowest BCUT2D eigenvalue weighted by atomic mass is 10.8. The number of hydrogen-bond acceptors (Lipinski definition) is 3. The van der Waals surface area contributed by atoms with E-state index in [1.54, 1.807) is 0 Å². The van der Waals surface area contributed by atoms with Gasteiger partial charge in [-0.2, -0.15) is 0 Å². The van der Waals surface area contributed by atoms with Crippen LogP contribution in [-0.2, 0) is 13.3 Å². The molecule has 0 saturated heterocycles. The van der Waals surface area contributed by atoms with E-state index in [4.69, 9.17) is 0 Å². The van der Waals surface area contributed by atoms with Gasteiger partial charge in [-0.05, 0) is 0 Å². The average Bonchev–Trinajstić information content (AvgIpc) is 1.98. The summed E-state index contributed by atoms with van der Waals surface area (Å²) < 4.78 is 82.0. The van der Waals surface area contributed by atoms with Crippen LogP contribution in [0.4, 0.5) is 26.3 Å². The second kappa shape index (κ2) is 5.16. The number of halogens is 6. The Balaban J connectivity index is 4.92. The highest BCUT2D eigenvalue weighted by Crippen LogP contribution is 2.32. The van der Waals surface area contributed by atoms with E-state index in [-0.39, 0.29) is 0 Å². The summed E-state index contributed by atoms with van der Waals surface area (Å²) >= 11 is 0. The highest BCUT2D eigenvalue weighted by atomic mass is 28.4. The second-order valence-electron chi connectivity index (χ2n) is 2.48. The molecule has 0 spiro atoms. The predicted molar refractivity (Wildman–Crippen MR) is 42.0 cm³/mol. The van der Waals surface area contributed by atoms with E-state index in [0.717, 1.165) is 6.08 Å². The molecule has 0 saturated carbocycles. The first-order valence-electron chi connectivity index (χ1n) is 3.73. The van der Waals surface area contributed by atoms with Crippen LogP contribution in [-0.4, -0.2) is 28.6 Å². The summed E-state index contributed by atoms with van der Waals surface area (Å²) in [6.07, 6.45) is -9.76. The lowest BCUT2D eigenvalue weighted by Gasteiger charge is -2.28. The van der Waals surface area contributed by atoms with Gasteiger partial charge in [0, 0.05) is 13.2 Å². The van der Waals surface area contributed by atoms with Crippen molar-refractivity contribution in [1.82, 2.24) is 0 Å². The smallest absolute Gasteiger partial charge is 0.376 e. The third-order valence-corrected chi connectivity index (χ3v) is 3.74. The standard InChI is InChI=1S/C6H8F6O3Si/c1-3-4-16(13-2,14-5(7,8)9)15-6(10,11)12/h3H,1,4H2,2H3. The van der Waals surface area contributed by atoms with Gasteiger partial charge in [0.15, 0.2) is 0 Å². The fourth-order valence-corrected chi connectivity index (χ4v) is 2.40. The Labute approximate surface area is 88.0 Å². The maximum Gasteiger partial charge on any atom is 0.517 e. The number of allylic oxidation sites excluding steroid dienone is 1. The fourth-order valence-electron chi connectivity index (χ4n) is 0.800.